The summed E-state index contributed by atoms with van der Waals surface area (Å²) >= 11 is 6.66. The molecule has 3 rings (SSSR count). The fraction of sp³-hybridized carbons (Fsp3) is 0.0588. The Bertz CT molecular complexity index is 851. The predicted octanol–water partition coefficient (Wildman–Crippen LogP) is 4.42. The number of phenolic OH excluding ortho intramolecular Hbond substituents is 1. The molecular weight excluding hydrogens is 353 g/mol. The van der Waals surface area contributed by atoms with Crippen LogP contribution in [0, 0.1) is 5.82 Å². The summed E-state index contributed by atoms with van der Waals surface area (Å²) in [5.74, 6) is -0.886. The van der Waals surface area contributed by atoms with Crippen LogP contribution in [0.3, 0.4) is 0 Å². The number of halogens is 2. The highest BCUT2D eigenvalue weighted by Gasteiger charge is 2.35. The van der Waals surface area contributed by atoms with E-state index in [2.05, 4.69) is 0 Å². The largest absolute Gasteiger partial charge is 0.507 e. The van der Waals surface area contributed by atoms with Gasteiger partial charge in [0.15, 0.2) is 0 Å². The van der Waals surface area contributed by atoms with Crippen molar-refractivity contribution in [2.24, 2.45) is 0 Å². The Kier molecular flexibility index (Phi) is 4.59. The van der Waals surface area contributed by atoms with Gasteiger partial charge in [0.1, 0.15) is 11.6 Å². The van der Waals surface area contributed by atoms with Crippen LogP contribution in [0.15, 0.2) is 47.4 Å². The van der Waals surface area contributed by atoms with Crippen molar-refractivity contribution in [2.75, 3.05) is 0 Å². The van der Waals surface area contributed by atoms with E-state index in [4.69, 9.17) is 11.6 Å². The second kappa shape index (κ2) is 6.67. The smallest absolute Gasteiger partial charge is 0.293 e. The van der Waals surface area contributed by atoms with Crippen molar-refractivity contribution in [1.82, 2.24) is 4.90 Å². The molecule has 1 aliphatic heterocycles. The van der Waals surface area contributed by atoms with Gasteiger partial charge in [-0.25, -0.2) is 4.39 Å². The average molecular weight is 364 g/mol. The van der Waals surface area contributed by atoms with Gasteiger partial charge in [0.25, 0.3) is 11.1 Å². The Morgan fingerprint density at radius 3 is 2.58 bits per heavy atom. The van der Waals surface area contributed by atoms with Gasteiger partial charge in [-0.3, -0.25) is 14.5 Å². The molecule has 0 unspecified atom stereocenters. The summed E-state index contributed by atoms with van der Waals surface area (Å²) in [6.45, 7) is 0.0593. The molecule has 2 amide bonds. The first-order valence-electron chi connectivity index (χ1n) is 6.92. The number of nitrogens with zero attached hydrogens (tertiary/aromatic N) is 1. The van der Waals surface area contributed by atoms with Gasteiger partial charge in [-0.2, -0.15) is 0 Å². The van der Waals surface area contributed by atoms with Crippen LogP contribution in [0.1, 0.15) is 11.1 Å². The number of hydrogen-bond acceptors (Lipinski definition) is 4. The molecule has 1 heterocycles. The SMILES string of the molecule is O=C1S/C(=C/c2cc(Cl)ccc2O)C(=O)N1Cc1ccc(F)cc1. The maximum Gasteiger partial charge on any atom is 0.293 e. The van der Waals surface area contributed by atoms with Gasteiger partial charge < -0.3 is 5.11 Å². The van der Waals surface area contributed by atoms with Crippen molar-refractivity contribution in [3.63, 3.8) is 0 Å². The lowest BCUT2D eigenvalue weighted by molar-refractivity contribution is -0.123. The van der Waals surface area contributed by atoms with Crippen molar-refractivity contribution in [3.8, 4) is 5.75 Å². The van der Waals surface area contributed by atoms with Gasteiger partial charge in [-0.05, 0) is 53.7 Å². The average Bonchev–Trinajstić information content (AvgIpc) is 2.80. The monoisotopic (exact) mass is 363 g/mol. The van der Waals surface area contributed by atoms with Crippen molar-refractivity contribution in [3.05, 3.63) is 69.3 Å². The molecule has 0 aliphatic carbocycles. The maximum atomic E-state index is 12.9. The van der Waals surface area contributed by atoms with E-state index in [1.54, 1.807) is 0 Å². The number of carbonyl (C=O) groups excluding carboxylic acids is 2. The van der Waals surface area contributed by atoms with E-state index in [-0.39, 0.29) is 23.0 Å². The first-order valence-corrected chi connectivity index (χ1v) is 8.12. The highest BCUT2D eigenvalue weighted by atomic mass is 35.5. The van der Waals surface area contributed by atoms with Crippen LogP contribution >= 0.6 is 23.4 Å². The Morgan fingerprint density at radius 2 is 1.88 bits per heavy atom. The van der Waals surface area contributed by atoms with Gasteiger partial charge in [0.05, 0.1) is 11.4 Å². The number of rotatable bonds is 3. The number of amides is 2. The summed E-state index contributed by atoms with van der Waals surface area (Å²) in [7, 11) is 0. The van der Waals surface area contributed by atoms with E-state index in [1.807, 2.05) is 0 Å². The third-order valence-electron chi connectivity index (χ3n) is 3.40. The van der Waals surface area contributed by atoms with E-state index in [1.165, 1.54) is 48.5 Å². The quantitative estimate of drug-likeness (QED) is 0.820. The van der Waals surface area contributed by atoms with E-state index >= 15 is 0 Å². The molecule has 2 aromatic carbocycles. The zero-order valence-electron chi connectivity index (χ0n) is 12.2. The lowest BCUT2D eigenvalue weighted by Crippen LogP contribution is -2.27. The zero-order chi connectivity index (χ0) is 17.3. The molecule has 1 aliphatic rings. The molecule has 4 nitrogen and oxygen atoms in total. The van der Waals surface area contributed by atoms with Crippen LogP contribution in [0.25, 0.3) is 6.08 Å². The molecule has 1 fully saturated rings. The zero-order valence-corrected chi connectivity index (χ0v) is 13.8. The van der Waals surface area contributed by atoms with Crippen LogP contribution in [0.2, 0.25) is 5.02 Å². The van der Waals surface area contributed by atoms with Crippen LogP contribution in [-0.4, -0.2) is 21.2 Å². The van der Waals surface area contributed by atoms with E-state index < -0.39 is 11.1 Å². The van der Waals surface area contributed by atoms with Crippen LogP contribution in [0.5, 0.6) is 5.75 Å². The fourth-order valence-corrected chi connectivity index (χ4v) is 3.20. The van der Waals surface area contributed by atoms with E-state index in [9.17, 15) is 19.1 Å². The molecule has 0 saturated carbocycles. The van der Waals surface area contributed by atoms with Crippen molar-refractivity contribution in [2.45, 2.75) is 6.54 Å². The standard InChI is InChI=1S/C17H11ClFNO3S/c18-12-3-6-14(21)11(7-12)8-15-16(22)20(17(23)24-15)9-10-1-4-13(19)5-2-10/h1-8,21H,9H2/b15-8+. The third kappa shape index (κ3) is 3.44. The van der Waals surface area contributed by atoms with Gasteiger partial charge in [-0.1, -0.05) is 23.7 Å². The number of carbonyl (C=O) groups is 2. The van der Waals surface area contributed by atoms with Crippen LogP contribution in [0.4, 0.5) is 9.18 Å². The van der Waals surface area contributed by atoms with Crippen molar-refractivity contribution in [1.29, 1.82) is 0 Å². The third-order valence-corrected chi connectivity index (χ3v) is 4.55. The number of phenols is 1. The summed E-state index contributed by atoms with van der Waals surface area (Å²) in [6, 6.07) is 10.0. The molecule has 2 aromatic rings. The second-order valence-electron chi connectivity index (χ2n) is 5.10. The predicted molar refractivity (Wildman–Crippen MR) is 91.0 cm³/mol. The van der Waals surface area contributed by atoms with Gasteiger partial charge in [0.2, 0.25) is 0 Å². The molecule has 0 atom stereocenters. The summed E-state index contributed by atoms with van der Waals surface area (Å²) in [4.78, 5) is 25.8. The van der Waals surface area contributed by atoms with Crippen molar-refractivity contribution >= 4 is 40.6 Å². The van der Waals surface area contributed by atoms with Crippen LogP contribution in [-0.2, 0) is 11.3 Å². The summed E-state index contributed by atoms with van der Waals surface area (Å²) in [5.41, 5.74) is 1.00. The fourth-order valence-electron chi connectivity index (χ4n) is 2.19. The molecule has 1 saturated heterocycles. The maximum absolute atomic E-state index is 12.9. The lowest BCUT2D eigenvalue weighted by atomic mass is 10.1. The minimum absolute atomic E-state index is 0.0373. The van der Waals surface area contributed by atoms with Gasteiger partial charge in [-0.15, -0.1) is 0 Å². The molecule has 7 heteroatoms. The van der Waals surface area contributed by atoms with Gasteiger partial charge >= 0.3 is 0 Å². The minimum atomic E-state index is -0.464. The topological polar surface area (TPSA) is 57.6 Å². The molecule has 0 bridgehead atoms. The molecule has 122 valence electrons. The van der Waals surface area contributed by atoms with E-state index in [0.717, 1.165) is 16.7 Å². The number of hydrogen-bond donors (Lipinski definition) is 1. The molecule has 1 N–H and O–H groups in total. The molecular formula is C17H11ClFNO3S. The molecule has 24 heavy (non-hydrogen) atoms. The number of imide groups is 1. The van der Waals surface area contributed by atoms with Crippen LogP contribution < -0.4 is 0 Å². The number of thioether (sulfide) groups is 1. The Balaban J connectivity index is 1.84. The summed E-state index contributed by atoms with van der Waals surface area (Å²) in [6.07, 6.45) is 1.43. The Hall–Kier alpha value is -2.31. The number of benzene rings is 2. The highest BCUT2D eigenvalue weighted by molar-refractivity contribution is 8.18. The highest BCUT2D eigenvalue weighted by Crippen LogP contribution is 2.35. The molecule has 0 spiro atoms. The van der Waals surface area contributed by atoms with Crippen molar-refractivity contribution < 1.29 is 19.1 Å². The van der Waals surface area contributed by atoms with Gasteiger partial charge in [0, 0.05) is 10.6 Å². The lowest BCUT2D eigenvalue weighted by Gasteiger charge is -2.12. The number of aromatic hydroxyl groups is 1. The Labute approximate surface area is 146 Å². The minimum Gasteiger partial charge on any atom is -0.507 e. The Morgan fingerprint density at radius 1 is 1.17 bits per heavy atom. The summed E-state index contributed by atoms with van der Waals surface area (Å²) < 4.78 is 12.9. The van der Waals surface area contributed by atoms with E-state index in [0.29, 0.717) is 16.1 Å². The normalized spacial score (nSPS) is 16.2. The first-order chi connectivity index (χ1) is 11.4. The first kappa shape index (κ1) is 16.5. The summed E-state index contributed by atoms with van der Waals surface area (Å²) in [5, 5.41) is 9.80. The molecule has 0 radical (unpaired) electrons. The second-order valence-corrected chi connectivity index (χ2v) is 6.53. The molecule has 0 aromatic heterocycles.